The number of ether oxygens (including phenoxy) is 2. The van der Waals surface area contributed by atoms with Crippen LogP contribution in [0.5, 0.6) is 0 Å². The van der Waals surface area contributed by atoms with Crippen LogP contribution in [-0.2, 0) is 9.47 Å². The van der Waals surface area contributed by atoms with Crippen LogP contribution in [0.3, 0.4) is 0 Å². The van der Waals surface area contributed by atoms with Gasteiger partial charge in [-0.2, -0.15) is 9.97 Å². The van der Waals surface area contributed by atoms with E-state index in [1.165, 1.54) is 6.92 Å². The van der Waals surface area contributed by atoms with E-state index in [9.17, 15) is 9.59 Å². The summed E-state index contributed by atoms with van der Waals surface area (Å²) in [6, 6.07) is 14.0. The second kappa shape index (κ2) is 11.7. The molecule has 5 rings (SSSR count). The fourth-order valence-electron chi connectivity index (χ4n) is 4.59. The predicted molar refractivity (Wildman–Crippen MR) is 145 cm³/mol. The Morgan fingerprint density at radius 3 is 2.16 bits per heavy atom. The first-order valence-electron chi connectivity index (χ1n) is 12.9. The van der Waals surface area contributed by atoms with Gasteiger partial charge in [-0.25, -0.2) is 9.78 Å². The summed E-state index contributed by atoms with van der Waals surface area (Å²) < 4.78 is 11.2. The molecule has 1 aromatic heterocycles. The lowest BCUT2D eigenvalue weighted by atomic mass is 9.99. The summed E-state index contributed by atoms with van der Waals surface area (Å²) in [5, 5.41) is 5.61. The molecule has 0 spiro atoms. The maximum absolute atomic E-state index is 12.5. The average Bonchev–Trinajstić information content (AvgIpc) is 2.94. The molecule has 2 fully saturated rings. The number of rotatable bonds is 6. The highest BCUT2D eigenvalue weighted by Crippen LogP contribution is 2.29. The van der Waals surface area contributed by atoms with Gasteiger partial charge in [-0.3, -0.25) is 4.79 Å². The molecule has 3 aromatic rings. The number of amides is 2. The molecule has 0 saturated carbocycles. The minimum Gasteiger partial charge on any atom is -0.381 e. The molecule has 10 heteroatoms. The third-order valence-corrected chi connectivity index (χ3v) is 6.80. The molecule has 0 bridgehead atoms. The number of carbonyl (C=O) groups is 2. The average molecular weight is 517 g/mol. The summed E-state index contributed by atoms with van der Waals surface area (Å²) in [7, 11) is 0. The number of ketones is 1. The molecule has 2 aromatic carbocycles. The van der Waals surface area contributed by atoms with Gasteiger partial charge in [0.25, 0.3) is 0 Å². The number of nitrogens with zero attached hydrogens (tertiary/aromatic N) is 4. The molecule has 198 valence electrons. The highest BCUT2D eigenvalue weighted by molar-refractivity contribution is 6.00. The van der Waals surface area contributed by atoms with E-state index in [-0.39, 0.29) is 23.8 Å². The number of aromatic nitrogens is 3. The Hall–Kier alpha value is -3.89. The summed E-state index contributed by atoms with van der Waals surface area (Å²) in [5.41, 5.74) is 2.66. The second-order valence-electron chi connectivity index (χ2n) is 9.61. The molecule has 2 saturated heterocycles. The Labute approximate surface area is 221 Å². The zero-order valence-corrected chi connectivity index (χ0v) is 21.6. The SMILES string of the molecule is CC(=O)c1ccc(NC(=O)Nc2ccc(-c3nc(C4CCOCC4)nc(N4CCOC[C@H]4C)n3)cc2)cc1. The number of morpholine rings is 1. The van der Waals surface area contributed by atoms with Crippen molar-refractivity contribution in [3.63, 3.8) is 0 Å². The van der Waals surface area contributed by atoms with Crippen molar-refractivity contribution >= 4 is 29.1 Å². The maximum Gasteiger partial charge on any atom is 0.323 e. The van der Waals surface area contributed by atoms with E-state index in [0.29, 0.717) is 55.1 Å². The summed E-state index contributed by atoms with van der Waals surface area (Å²) in [6.07, 6.45) is 1.77. The molecule has 38 heavy (non-hydrogen) atoms. The van der Waals surface area contributed by atoms with Crippen molar-refractivity contribution in [1.29, 1.82) is 0 Å². The minimum atomic E-state index is -0.376. The number of Topliss-reactive ketones (excluding diaryl/α,β-unsaturated/α-hetero) is 1. The van der Waals surface area contributed by atoms with Crippen LogP contribution >= 0.6 is 0 Å². The van der Waals surface area contributed by atoms with Gasteiger partial charge < -0.3 is 25.0 Å². The monoisotopic (exact) mass is 516 g/mol. The lowest BCUT2D eigenvalue weighted by molar-refractivity contribution is 0.0834. The summed E-state index contributed by atoms with van der Waals surface area (Å²) in [6.45, 7) is 7.04. The van der Waals surface area contributed by atoms with E-state index >= 15 is 0 Å². The normalized spacial score (nSPS) is 18.2. The van der Waals surface area contributed by atoms with Crippen LogP contribution in [-0.4, -0.2) is 65.8 Å². The number of nitrogens with one attached hydrogen (secondary N) is 2. The van der Waals surface area contributed by atoms with E-state index in [1.807, 2.05) is 24.3 Å². The smallest absolute Gasteiger partial charge is 0.323 e. The van der Waals surface area contributed by atoms with E-state index in [2.05, 4.69) is 22.5 Å². The number of carbonyl (C=O) groups excluding carboxylic acids is 2. The Bertz CT molecular complexity index is 1280. The largest absolute Gasteiger partial charge is 0.381 e. The highest BCUT2D eigenvalue weighted by Gasteiger charge is 2.26. The topological polar surface area (TPSA) is 119 Å². The van der Waals surface area contributed by atoms with Gasteiger partial charge in [0.1, 0.15) is 5.82 Å². The number of benzene rings is 2. The van der Waals surface area contributed by atoms with Crippen LogP contribution in [0.25, 0.3) is 11.4 Å². The van der Waals surface area contributed by atoms with Gasteiger partial charge in [-0.15, -0.1) is 0 Å². The van der Waals surface area contributed by atoms with Crippen LogP contribution < -0.4 is 15.5 Å². The highest BCUT2D eigenvalue weighted by atomic mass is 16.5. The van der Waals surface area contributed by atoms with Crippen LogP contribution in [0.15, 0.2) is 48.5 Å². The van der Waals surface area contributed by atoms with Gasteiger partial charge >= 0.3 is 6.03 Å². The Kier molecular flexibility index (Phi) is 7.90. The number of hydrogen-bond acceptors (Lipinski definition) is 8. The van der Waals surface area contributed by atoms with E-state index < -0.39 is 0 Å². The number of urea groups is 1. The first-order chi connectivity index (χ1) is 18.5. The zero-order chi connectivity index (χ0) is 26.5. The summed E-state index contributed by atoms with van der Waals surface area (Å²) in [5.74, 6) is 2.28. The van der Waals surface area contributed by atoms with Gasteiger partial charge in [0.05, 0.1) is 19.3 Å². The van der Waals surface area contributed by atoms with E-state index in [4.69, 9.17) is 24.4 Å². The molecule has 2 amide bonds. The third-order valence-electron chi connectivity index (χ3n) is 6.80. The fraction of sp³-hybridized carbons (Fsp3) is 0.393. The summed E-state index contributed by atoms with van der Waals surface area (Å²) >= 11 is 0. The lowest BCUT2D eigenvalue weighted by Gasteiger charge is -2.34. The molecule has 10 nitrogen and oxygen atoms in total. The van der Waals surface area contributed by atoms with Crippen LogP contribution in [0.2, 0.25) is 0 Å². The minimum absolute atomic E-state index is 0.0225. The molecule has 3 heterocycles. The van der Waals surface area contributed by atoms with Gasteiger partial charge in [-0.05, 0) is 75.2 Å². The Balaban J connectivity index is 1.33. The van der Waals surface area contributed by atoms with Crippen LogP contribution in [0.4, 0.5) is 22.1 Å². The molecule has 1 atom stereocenters. The first kappa shape index (κ1) is 25.7. The Morgan fingerprint density at radius 2 is 1.53 bits per heavy atom. The molecule has 2 N–H and O–H groups in total. The van der Waals surface area contributed by atoms with Crippen LogP contribution in [0.1, 0.15) is 48.8 Å². The van der Waals surface area contributed by atoms with Gasteiger partial charge in [0.2, 0.25) is 5.95 Å². The van der Waals surface area contributed by atoms with Crippen molar-refractivity contribution in [2.45, 2.75) is 38.6 Å². The van der Waals surface area contributed by atoms with Gasteiger partial charge in [-0.1, -0.05) is 0 Å². The van der Waals surface area contributed by atoms with Crippen molar-refractivity contribution in [2.24, 2.45) is 0 Å². The first-order valence-corrected chi connectivity index (χ1v) is 12.9. The quantitative estimate of drug-likeness (QED) is 0.460. The molecular weight excluding hydrogens is 484 g/mol. The summed E-state index contributed by atoms with van der Waals surface area (Å²) in [4.78, 5) is 40.7. The molecular formula is C28H32N6O4. The number of hydrogen-bond donors (Lipinski definition) is 2. The van der Waals surface area contributed by atoms with Gasteiger partial charge in [0, 0.05) is 48.2 Å². The molecule has 2 aliphatic heterocycles. The Morgan fingerprint density at radius 1 is 0.868 bits per heavy atom. The predicted octanol–water partition coefficient (Wildman–Crippen LogP) is 4.50. The maximum atomic E-state index is 12.5. The van der Waals surface area contributed by atoms with Crippen LogP contribution in [0, 0.1) is 0 Å². The lowest BCUT2D eigenvalue weighted by Crippen LogP contribution is -2.44. The molecule has 2 aliphatic rings. The van der Waals surface area contributed by atoms with Crippen molar-refractivity contribution < 1.29 is 19.1 Å². The standard InChI is InChI=1S/C28H32N6O4/c1-18-17-38-16-13-34(18)27-32-25(31-26(33-27)22-11-14-37-15-12-22)21-5-9-24(10-6-21)30-28(36)29-23-7-3-20(4-8-23)19(2)35/h3-10,18,22H,11-17H2,1-2H3,(H2,29,30,36)/t18-/m1/s1. The fourth-order valence-corrected chi connectivity index (χ4v) is 4.59. The number of anilines is 3. The molecule has 0 aliphatic carbocycles. The van der Waals surface area contributed by atoms with Gasteiger partial charge in [0.15, 0.2) is 11.6 Å². The third kappa shape index (κ3) is 6.15. The molecule has 0 radical (unpaired) electrons. The molecule has 0 unspecified atom stereocenters. The van der Waals surface area contributed by atoms with Crippen molar-refractivity contribution in [3.8, 4) is 11.4 Å². The van der Waals surface area contributed by atoms with E-state index in [0.717, 1.165) is 30.8 Å². The second-order valence-corrected chi connectivity index (χ2v) is 9.61. The zero-order valence-electron chi connectivity index (χ0n) is 21.6. The van der Waals surface area contributed by atoms with Crippen molar-refractivity contribution in [2.75, 3.05) is 48.5 Å². The van der Waals surface area contributed by atoms with Crippen molar-refractivity contribution in [1.82, 2.24) is 15.0 Å². The van der Waals surface area contributed by atoms with Crippen molar-refractivity contribution in [3.05, 3.63) is 59.9 Å². The van der Waals surface area contributed by atoms with E-state index in [1.54, 1.807) is 24.3 Å².